The van der Waals surface area contributed by atoms with Gasteiger partial charge >= 0.3 is 0 Å². The molecule has 1 aliphatic rings. The average Bonchev–Trinajstić information content (AvgIpc) is 3.06. The van der Waals surface area contributed by atoms with Crippen LogP contribution in [0.4, 0.5) is 0 Å². The van der Waals surface area contributed by atoms with E-state index in [1.165, 1.54) is 14.2 Å². The lowest BCUT2D eigenvalue weighted by molar-refractivity contribution is -0.123. The largest absolute Gasteiger partial charge is 0.493 e. The molecule has 1 aliphatic carbocycles. The molecule has 1 fully saturated rings. The molecule has 0 unspecified atom stereocenters. The topological polar surface area (TPSA) is 76.7 Å². The van der Waals surface area contributed by atoms with Gasteiger partial charge in [-0.15, -0.1) is 0 Å². The summed E-state index contributed by atoms with van der Waals surface area (Å²) in [6.07, 6.45) is 4.31. The van der Waals surface area contributed by atoms with Crippen LogP contribution in [-0.4, -0.2) is 38.1 Å². The standard InChI is InChI=1S/C17H24N2O4/c1-11(16(20)19-12-7-4-5-8-12)18-17(21)13-9-6-10-14(22-2)15(13)23-3/h6,9-12H,4-5,7-8H2,1-3H3,(H,18,21)(H,19,20)/t11-/m1/s1. The second kappa shape index (κ2) is 7.85. The molecule has 0 aliphatic heterocycles. The number of methoxy groups -OCH3 is 2. The van der Waals surface area contributed by atoms with Gasteiger partial charge in [-0.1, -0.05) is 18.9 Å². The SMILES string of the molecule is COc1cccc(C(=O)N[C@H](C)C(=O)NC2CCCC2)c1OC. The molecule has 0 heterocycles. The maximum absolute atomic E-state index is 12.4. The summed E-state index contributed by atoms with van der Waals surface area (Å²) in [6.45, 7) is 1.68. The highest BCUT2D eigenvalue weighted by molar-refractivity contribution is 6.00. The number of benzene rings is 1. The number of hydrogen-bond donors (Lipinski definition) is 2. The third-order valence-corrected chi connectivity index (χ3v) is 4.09. The minimum atomic E-state index is -0.612. The normalized spacial score (nSPS) is 15.8. The first-order valence-corrected chi connectivity index (χ1v) is 7.89. The summed E-state index contributed by atoms with van der Waals surface area (Å²) < 4.78 is 10.4. The summed E-state index contributed by atoms with van der Waals surface area (Å²) in [5.74, 6) is 0.307. The molecule has 126 valence electrons. The summed E-state index contributed by atoms with van der Waals surface area (Å²) in [5.41, 5.74) is 0.340. The van der Waals surface area contributed by atoms with E-state index in [9.17, 15) is 9.59 Å². The molecule has 23 heavy (non-hydrogen) atoms. The van der Waals surface area contributed by atoms with Crippen LogP contribution in [-0.2, 0) is 4.79 Å². The number of hydrogen-bond acceptors (Lipinski definition) is 4. The minimum Gasteiger partial charge on any atom is -0.493 e. The lowest BCUT2D eigenvalue weighted by atomic mass is 10.1. The van der Waals surface area contributed by atoms with Crippen molar-refractivity contribution in [1.29, 1.82) is 0 Å². The van der Waals surface area contributed by atoms with Crippen molar-refractivity contribution in [3.8, 4) is 11.5 Å². The van der Waals surface area contributed by atoms with Crippen molar-refractivity contribution in [3.63, 3.8) is 0 Å². The lowest BCUT2D eigenvalue weighted by Gasteiger charge is -2.18. The molecule has 1 saturated carbocycles. The fourth-order valence-corrected chi connectivity index (χ4v) is 2.80. The zero-order chi connectivity index (χ0) is 16.8. The van der Waals surface area contributed by atoms with Crippen LogP contribution in [0.2, 0.25) is 0 Å². The molecule has 6 heteroatoms. The van der Waals surface area contributed by atoms with Gasteiger partial charge in [0.05, 0.1) is 19.8 Å². The van der Waals surface area contributed by atoms with Crippen molar-refractivity contribution >= 4 is 11.8 Å². The first-order valence-electron chi connectivity index (χ1n) is 7.89. The Morgan fingerprint density at radius 3 is 2.48 bits per heavy atom. The van der Waals surface area contributed by atoms with Crippen molar-refractivity contribution in [2.45, 2.75) is 44.7 Å². The Kier molecular flexibility index (Phi) is 5.84. The van der Waals surface area contributed by atoms with Crippen LogP contribution < -0.4 is 20.1 Å². The summed E-state index contributed by atoms with van der Waals surface area (Å²) >= 11 is 0. The predicted octanol–water partition coefficient (Wildman–Crippen LogP) is 1.88. The monoisotopic (exact) mass is 320 g/mol. The highest BCUT2D eigenvalue weighted by Crippen LogP contribution is 2.30. The molecule has 0 spiro atoms. The number of amides is 2. The third-order valence-electron chi connectivity index (χ3n) is 4.09. The van der Waals surface area contributed by atoms with Crippen LogP contribution >= 0.6 is 0 Å². The smallest absolute Gasteiger partial charge is 0.255 e. The van der Waals surface area contributed by atoms with Crippen LogP contribution in [0, 0.1) is 0 Å². The fourth-order valence-electron chi connectivity index (χ4n) is 2.80. The Bertz CT molecular complexity index is 568. The molecule has 2 rings (SSSR count). The van der Waals surface area contributed by atoms with Crippen molar-refractivity contribution in [2.75, 3.05) is 14.2 Å². The molecule has 0 aromatic heterocycles. The van der Waals surface area contributed by atoms with Gasteiger partial charge in [-0.05, 0) is 31.9 Å². The van der Waals surface area contributed by atoms with Crippen molar-refractivity contribution < 1.29 is 19.1 Å². The van der Waals surface area contributed by atoms with E-state index in [2.05, 4.69) is 10.6 Å². The number of para-hydroxylation sites is 1. The fraction of sp³-hybridized carbons (Fsp3) is 0.529. The van der Waals surface area contributed by atoms with Crippen molar-refractivity contribution in [1.82, 2.24) is 10.6 Å². The van der Waals surface area contributed by atoms with Crippen LogP contribution in [0.25, 0.3) is 0 Å². The number of rotatable bonds is 6. The maximum atomic E-state index is 12.4. The average molecular weight is 320 g/mol. The van der Waals surface area contributed by atoms with E-state index in [0.29, 0.717) is 17.1 Å². The molecular formula is C17H24N2O4. The Balaban J connectivity index is 2.01. The van der Waals surface area contributed by atoms with Gasteiger partial charge in [0, 0.05) is 6.04 Å². The van der Waals surface area contributed by atoms with E-state index in [1.54, 1.807) is 25.1 Å². The van der Waals surface area contributed by atoms with Crippen molar-refractivity contribution in [3.05, 3.63) is 23.8 Å². The quantitative estimate of drug-likeness (QED) is 0.839. The number of carbonyl (C=O) groups excluding carboxylic acids is 2. The van der Waals surface area contributed by atoms with E-state index in [4.69, 9.17) is 9.47 Å². The van der Waals surface area contributed by atoms with Crippen LogP contribution in [0.1, 0.15) is 43.0 Å². The zero-order valence-electron chi connectivity index (χ0n) is 13.8. The molecule has 2 amide bonds. The number of carbonyl (C=O) groups is 2. The summed E-state index contributed by atoms with van der Waals surface area (Å²) in [6, 6.07) is 4.68. The summed E-state index contributed by atoms with van der Waals surface area (Å²) in [7, 11) is 2.99. The van der Waals surface area contributed by atoms with E-state index < -0.39 is 6.04 Å². The Morgan fingerprint density at radius 1 is 1.17 bits per heavy atom. The van der Waals surface area contributed by atoms with Gasteiger partial charge in [0.1, 0.15) is 6.04 Å². The van der Waals surface area contributed by atoms with Gasteiger partial charge in [-0.3, -0.25) is 9.59 Å². The van der Waals surface area contributed by atoms with Gasteiger partial charge in [0.25, 0.3) is 5.91 Å². The lowest BCUT2D eigenvalue weighted by Crippen LogP contribution is -2.47. The summed E-state index contributed by atoms with van der Waals surface area (Å²) in [5, 5.41) is 5.69. The molecule has 1 atom stereocenters. The maximum Gasteiger partial charge on any atom is 0.255 e. The van der Waals surface area contributed by atoms with Gasteiger partial charge < -0.3 is 20.1 Å². The molecule has 0 radical (unpaired) electrons. The molecule has 1 aromatic rings. The molecule has 0 saturated heterocycles. The first-order chi connectivity index (χ1) is 11.1. The highest BCUT2D eigenvalue weighted by Gasteiger charge is 2.23. The molecule has 0 bridgehead atoms. The highest BCUT2D eigenvalue weighted by atomic mass is 16.5. The summed E-state index contributed by atoms with van der Waals surface area (Å²) in [4.78, 5) is 24.6. The van der Waals surface area contributed by atoms with Gasteiger partial charge in [0.2, 0.25) is 5.91 Å². The Hall–Kier alpha value is -2.24. The van der Waals surface area contributed by atoms with E-state index in [0.717, 1.165) is 25.7 Å². The molecule has 2 N–H and O–H groups in total. The second-order valence-corrected chi connectivity index (χ2v) is 5.73. The molecular weight excluding hydrogens is 296 g/mol. The third kappa shape index (κ3) is 4.15. The first kappa shape index (κ1) is 17.1. The van der Waals surface area contributed by atoms with Gasteiger partial charge in [-0.25, -0.2) is 0 Å². The number of ether oxygens (including phenoxy) is 2. The van der Waals surface area contributed by atoms with Crippen LogP contribution in [0.5, 0.6) is 11.5 Å². The Morgan fingerprint density at radius 2 is 1.87 bits per heavy atom. The minimum absolute atomic E-state index is 0.160. The molecule has 1 aromatic carbocycles. The van der Waals surface area contributed by atoms with E-state index in [1.807, 2.05) is 0 Å². The van der Waals surface area contributed by atoms with Crippen LogP contribution in [0.3, 0.4) is 0 Å². The predicted molar refractivity (Wildman–Crippen MR) is 86.9 cm³/mol. The van der Waals surface area contributed by atoms with Gasteiger partial charge in [-0.2, -0.15) is 0 Å². The second-order valence-electron chi connectivity index (χ2n) is 5.73. The van der Waals surface area contributed by atoms with Gasteiger partial charge in [0.15, 0.2) is 11.5 Å². The molecule has 6 nitrogen and oxygen atoms in total. The van der Waals surface area contributed by atoms with E-state index >= 15 is 0 Å². The van der Waals surface area contributed by atoms with Crippen molar-refractivity contribution in [2.24, 2.45) is 0 Å². The zero-order valence-corrected chi connectivity index (χ0v) is 13.8. The Labute approximate surface area is 136 Å². The van der Waals surface area contributed by atoms with E-state index in [-0.39, 0.29) is 17.9 Å². The van der Waals surface area contributed by atoms with Crippen LogP contribution in [0.15, 0.2) is 18.2 Å². The number of nitrogens with one attached hydrogen (secondary N) is 2.